The van der Waals surface area contributed by atoms with Gasteiger partial charge in [0.05, 0.1) is 0 Å². The van der Waals surface area contributed by atoms with Crippen molar-refractivity contribution < 1.29 is 14.8 Å². The highest BCUT2D eigenvalue weighted by atomic mass is 16.6. The van der Waals surface area contributed by atoms with Gasteiger partial charge in [-0.1, -0.05) is 6.92 Å². The van der Waals surface area contributed by atoms with E-state index >= 15 is 0 Å². The normalized spacial score (nSPS) is 10.4. The number of carboxylic acid groups (broad SMARTS) is 1. The fraction of sp³-hybridized carbons (Fsp3) is 0.600. The van der Waals surface area contributed by atoms with Crippen molar-refractivity contribution in [2.24, 2.45) is 7.05 Å². The molecule has 8 nitrogen and oxygen atoms in total. The van der Waals surface area contributed by atoms with Crippen molar-refractivity contribution in [3.8, 4) is 0 Å². The molecule has 0 radical (unpaired) electrons. The molecule has 0 unspecified atom stereocenters. The summed E-state index contributed by atoms with van der Waals surface area (Å²) >= 11 is 0. The number of anilines is 1. The van der Waals surface area contributed by atoms with Crippen LogP contribution in [-0.2, 0) is 11.8 Å². The van der Waals surface area contributed by atoms with Gasteiger partial charge < -0.3 is 20.1 Å². The first-order chi connectivity index (χ1) is 8.38. The minimum Gasteiger partial charge on any atom is -0.480 e. The van der Waals surface area contributed by atoms with Crippen LogP contribution in [0.15, 0.2) is 0 Å². The first-order valence-electron chi connectivity index (χ1n) is 5.52. The molecular formula is C10H16N4O4. The number of imidazole rings is 1. The van der Waals surface area contributed by atoms with Crippen LogP contribution in [0, 0.1) is 17.0 Å². The first-order valence-corrected chi connectivity index (χ1v) is 5.52. The second-order valence-corrected chi connectivity index (χ2v) is 3.94. The molecule has 0 aromatic carbocycles. The average molecular weight is 256 g/mol. The molecule has 1 aromatic heterocycles. The maximum absolute atomic E-state index is 10.9. The number of nitro groups is 1. The predicted molar refractivity (Wildman–Crippen MR) is 64.7 cm³/mol. The zero-order valence-electron chi connectivity index (χ0n) is 10.6. The van der Waals surface area contributed by atoms with Crippen LogP contribution in [0.2, 0.25) is 0 Å². The molecule has 0 atom stereocenters. The second kappa shape index (κ2) is 5.48. The molecule has 1 aromatic rings. The molecule has 0 amide bonds. The Hall–Kier alpha value is -2.12. The van der Waals surface area contributed by atoms with E-state index in [1.165, 1.54) is 9.47 Å². The number of hydrogen-bond acceptors (Lipinski definition) is 5. The van der Waals surface area contributed by atoms with Gasteiger partial charge in [0, 0.05) is 20.5 Å². The molecule has 0 saturated heterocycles. The Labute approximate surface area is 104 Å². The molecule has 1 N–H and O–H groups in total. The zero-order chi connectivity index (χ0) is 13.9. The first kappa shape index (κ1) is 13.9. The van der Waals surface area contributed by atoms with E-state index in [4.69, 9.17) is 5.11 Å². The number of rotatable bonds is 6. The van der Waals surface area contributed by atoms with Gasteiger partial charge in [-0.15, -0.1) is 0 Å². The van der Waals surface area contributed by atoms with Crippen molar-refractivity contribution in [2.75, 3.05) is 18.0 Å². The summed E-state index contributed by atoms with van der Waals surface area (Å²) in [5, 5.41) is 19.8. The van der Waals surface area contributed by atoms with Crippen LogP contribution >= 0.6 is 0 Å². The van der Waals surface area contributed by atoms with Crippen LogP contribution in [0.25, 0.3) is 0 Å². The lowest BCUT2D eigenvalue weighted by Crippen LogP contribution is -2.32. The number of aryl methyl sites for hydroxylation is 1. The minimum atomic E-state index is -1.03. The van der Waals surface area contributed by atoms with Gasteiger partial charge in [-0.25, -0.2) is 0 Å². The Balaban J connectivity index is 3.25. The maximum atomic E-state index is 10.9. The van der Waals surface area contributed by atoms with Gasteiger partial charge in [0.1, 0.15) is 6.54 Å². The number of hydrogen-bond donors (Lipinski definition) is 1. The number of aliphatic carboxylic acids is 1. The summed E-state index contributed by atoms with van der Waals surface area (Å²) in [7, 11) is 1.63. The molecule has 1 rings (SSSR count). The highest BCUT2D eigenvalue weighted by Gasteiger charge is 2.28. The predicted octanol–water partition coefficient (Wildman–Crippen LogP) is 0.938. The Kier molecular flexibility index (Phi) is 4.24. The fourth-order valence-corrected chi connectivity index (χ4v) is 1.75. The van der Waals surface area contributed by atoms with E-state index in [1.54, 1.807) is 14.0 Å². The topological polar surface area (TPSA) is 102 Å². The van der Waals surface area contributed by atoms with E-state index in [0.717, 1.165) is 0 Å². The van der Waals surface area contributed by atoms with Gasteiger partial charge in [-0.2, -0.15) is 0 Å². The Bertz CT molecular complexity index is 469. The van der Waals surface area contributed by atoms with E-state index in [2.05, 4.69) is 4.98 Å². The van der Waals surface area contributed by atoms with Crippen molar-refractivity contribution in [2.45, 2.75) is 20.3 Å². The molecule has 1 heterocycles. The molecule has 0 fully saturated rings. The Morgan fingerprint density at radius 2 is 2.22 bits per heavy atom. The standard InChI is InChI=1S/C10H16N4O4/c1-4-5-13(6-8(15)16)10-9(14(17)18)11-7(2)12(10)3/h4-6H2,1-3H3,(H,15,16). The van der Waals surface area contributed by atoms with E-state index in [1.807, 2.05) is 6.92 Å². The highest BCUT2D eigenvalue weighted by molar-refractivity contribution is 5.74. The molecule has 100 valence electrons. The number of carbonyl (C=O) groups is 1. The summed E-state index contributed by atoms with van der Waals surface area (Å²) in [5.74, 6) is -0.619. The number of carboxylic acids is 1. The van der Waals surface area contributed by atoms with Gasteiger partial charge in [0.25, 0.3) is 0 Å². The number of aromatic nitrogens is 2. The molecule has 0 aliphatic carbocycles. The summed E-state index contributed by atoms with van der Waals surface area (Å²) in [6.07, 6.45) is 0.689. The third-order valence-corrected chi connectivity index (χ3v) is 2.56. The third kappa shape index (κ3) is 2.76. The monoisotopic (exact) mass is 256 g/mol. The zero-order valence-corrected chi connectivity index (χ0v) is 10.6. The van der Waals surface area contributed by atoms with Crippen molar-refractivity contribution in [1.82, 2.24) is 9.55 Å². The lowest BCUT2D eigenvalue weighted by atomic mass is 10.4. The van der Waals surface area contributed by atoms with Gasteiger partial charge in [-0.05, 0) is 16.3 Å². The maximum Gasteiger partial charge on any atom is 0.406 e. The van der Waals surface area contributed by atoms with Crippen LogP contribution in [-0.4, -0.2) is 38.6 Å². The second-order valence-electron chi connectivity index (χ2n) is 3.94. The quantitative estimate of drug-likeness (QED) is 0.600. The van der Waals surface area contributed by atoms with E-state index < -0.39 is 10.9 Å². The van der Waals surface area contributed by atoms with E-state index in [9.17, 15) is 14.9 Å². The molecular weight excluding hydrogens is 240 g/mol. The lowest BCUT2D eigenvalue weighted by Gasteiger charge is -2.21. The van der Waals surface area contributed by atoms with Crippen LogP contribution in [0.5, 0.6) is 0 Å². The summed E-state index contributed by atoms with van der Waals surface area (Å²) in [6, 6.07) is 0. The van der Waals surface area contributed by atoms with Gasteiger partial charge >= 0.3 is 11.8 Å². The summed E-state index contributed by atoms with van der Waals surface area (Å²) in [4.78, 5) is 26.5. The molecule has 8 heteroatoms. The summed E-state index contributed by atoms with van der Waals surface area (Å²) in [6.45, 7) is 3.66. The SMILES string of the molecule is CCCN(CC(=O)O)c1c([N+](=O)[O-])nc(C)n1C. The lowest BCUT2D eigenvalue weighted by molar-refractivity contribution is -0.388. The molecule has 0 saturated carbocycles. The smallest absolute Gasteiger partial charge is 0.406 e. The van der Waals surface area contributed by atoms with Crippen LogP contribution < -0.4 is 4.90 Å². The van der Waals surface area contributed by atoms with Crippen molar-refractivity contribution in [3.05, 3.63) is 15.9 Å². The van der Waals surface area contributed by atoms with E-state index in [-0.39, 0.29) is 18.2 Å². The third-order valence-electron chi connectivity index (χ3n) is 2.56. The Morgan fingerprint density at radius 1 is 1.61 bits per heavy atom. The Morgan fingerprint density at radius 3 is 2.67 bits per heavy atom. The van der Waals surface area contributed by atoms with Crippen molar-refractivity contribution in [3.63, 3.8) is 0 Å². The molecule has 18 heavy (non-hydrogen) atoms. The van der Waals surface area contributed by atoms with E-state index in [0.29, 0.717) is 18.8 Å². The molecule has 0 bridgehead atoms. The summed E-state index contributed by atoms with van der Waals surface area (Å²) in [5.41, 5.74) is 0. The molecule has 0 spiro atoms. The molecule has 0 aliphatic heterocycles. The number of nitrogens with zero attached hydrogens (tertiary/aromatic N) is 4. The van der Waals surface area contributed by atoms with Crippen molar-refractivity contribution >= 4 is 17.6 Å². The van der Waals surface area contributed by atoms with Crippen LogP contribution in [0.3, 0.4) is 0 Å². The summed E-state index contributed by atoms with van der Waals surface area (Å²) < 4.78 is 1.54. The van der Waals surface area contributed by atoms with Crippen LogP contribution in [0.4, 0.5) is 11.6 Å². The largest absolute Gasteiger partial charge is 0.480 e. The highest BCUT2D eigenvalue weighted by Crippen LogP contribution is 2.27. The van der Waals surface area contributed by atoms with Crippen LogP contribution in [0.1, 0.15) is 19.2 Å². The van der Waals surface area contributed by atoms with Gasteiger partial charge in [-0.3, -0.25) is 9.36 Å². The molecule has 0 aliphatic rings. The minimum absolute atomic E-state index is 0.238. The van der Waals surface area contributed by atoms with Crippen molar-refractivity contribution in [1.29, 1.82) is 0 Å². The van der Waals surface area contributed by atoms with Gasteiger partial charge in [0.2, 0.25) is 11.6 Å². The van der Waals surface area contributed by atoms with Gasteiger partial charge in [0.15, 0.2) is 0 Å². The average Bonchev–Trinajstić information content (AvgIpc) is 2.55. The fourth-order valence-electron chi connectivity index (χ4n) is 1.75.